The third-order valence-corrected chi connectivity index (χ3v) is 4.56. The third-order valence-electron chi connectivity index (χ3n) is 4.31. The van der Waals surface area contributed by atoms with Gasteiger partial charge in [0.15, 0.2) is 5.76 Å². The number of rotatable bonds is 8. The first kappa shape index (κ1) is 16.8. The molecule has 124 valence electrons. The summed E-state index contributed by atoms with van der Waals surface area (Å²) in [5.41, 5.74) is 2.73. The normalized spacial score (nSPS) is 12.2. The number of hydrogen-bond acceptors (Lipinski definition) is 1. The van der Waals surface area contributed by atoms with Gasteiger partial charge in [0.1, 0.15) is 6.54 Å². The number of nitrogens with two attached hydrogens (primary N) is 1. The summed E-state index contributed by atoms with van der Waals surface area (Å²) in [6.45, 7) is 1.96. The maximum Gasteiger partial charge on any atom is 0.157 e. The highest BCUT2D eigenvalue weighted by atomic mass is 35.5. The smallest absolute Gasteiger partial charge is 0.157 e. The van der Waals surface area contributed by atoms with E-state index in [-0.39, 0.29) is 0 Å². The molecule has 0 aliphatic rings. The Hall–Kier alpha value is -2.03. The molecule has 0 aliphatic carbocycles. The molecule has 0 amide bonds. The lowest BCUT2D eigenvalue weighted by Crippen LogP contribution is -2.82. The molecule has 24 heavy (non-hydrogen) atoms. The topological polar surface area (TPSA) is 29.8 Å². The molecule has 3 aromatic rings. The molecular formula is C21H23ClNO+. The van der Waals surface area contributed by atoms with Crippen LogP contribution >= 0.6 is 11.6 Å². The lowest BCUT2D eigenvalue weighted by Gasteiger charge is -2.17. The van der Waals surface area contributed by atoms with Crippen molar-refractivity contribution in [3.63, 3.8) is 0 Å². The molecule has 0 radical (unpaired) electrons. The Morgan fingerprint density at radius 3 is 2.42 bits per heavy atom. The molecule has 0 fully saturated rings. The predicted molar refractivity (Wildman–Crippen MR) is 98.2 cm³/mol. The van der Waals surface area contributed by atoms with Gasteiger partial charge in [-0.25, -0.2) is 0 Å². The molecule has 0 saturated heterocycles. The second-order valence-corrected chi connectivity index (χ2v) is 6.52. The SMILES string of the molecule is Clc1ccc([C@@H](CC[NH2+]Cc2ccco2)Cc2ccccc2)cc1. The number of hydrogen-bond donors (Lipinski definition) is 1. The highest BCUT2D eigenvalue weighted by Crippen LogP contribution is 2.25. The van der Waals surface area contributed by atoms with Crippen molar-refractivity contribution >= 4 is 11.6 Å². The molecule has 3 heteroatoms. The highest BCUT2D eigenvalue weighted by Gasteiger charge is 2.13. The minimum Gasteiger partial charge on any atom is -0.463 e. The van der Waals surface area contributed by atoms with Gasteiger partial charge in [-0.15, -0.1) is 0 Å². The predicted octanol–water partition coefficient (Wildman–Crippen LogP) is 4.41. The summed E-state index contributed by atoms with van der Waals surface area (Å²) in [7, 11) is 0. The molecule has 1 atom stereocenters. The van der Waals surface area contributed by atoms with Crippen LogP contribution in [0.2, 0.25) is 5.02 Å². The Bertz CT molecular complexity index is 707. The molecule has 3 rings (SSSR count). The molecule has 0 bridgehead atoms. The van der Waals surface area contributed by atoms with Crippen molar-refractivity contribution in [3.8, 4) is 0 Å². The molecule has 1 aromatic heterocycles. The van der Waals surface area contributed by atoms with Crippen LogP contribution in [0, 0.1) is 0 Å². The van der Waals surface area contributed by atoms with Crippen LogP contribution in [0.3, 0.4) is 0 Å². The van der Waals surface area contributed by atoms with Crippen LogP contribution in [-0.2, 0) is 13.0 Å². The van der Waals surface area contributed by atoms with Gasteiger partial charge in [0.05, 0.1) is 12.8 Å². The van der Waals surface area contributed by atoms with Crippen molar-refractivity contribution in [3.05, 3.63) is 94.9 Å². The maximum atomic E-state index is 6.04. The van der Waals surface area contributed by atoms with E-state index in [4.69, 9.17) is 16.0 Å². The summed E-state index contributed by atoms with van der Waals surface area (Å²) in [4.78, 5) is 0. The Morgan fingerprint density at radius 1 is 0.917 bits per heavy atom. The maximum absolute atomic E-state index is 6.04. The van der Waals surface area contributed by atoms with Crippen LogP contribution in [0.15, 0.2) is 77.4 Å². The molecule has 2 aromatic carbocycles. The molecule has 0 saturated carbocycles. The van der Waals surface area contributed by atoms with Crippen LogP contribution in [0.25, 0.3) is 0 Å². The minimum atomic E-state index is 0.498. The van der Waals surface area contributed by atoms with Crippen LogP contribution in [0.1, 0.15) is 29.2 Å². The van der Waals surface area contributed by atoms with Gasteiger partial charge in [-0.2, -0.15) is 0 Å². The van der Waals surface area contributed by atoms with Crippen molar-refractivity contribution < 1.29 is 9.73 Å². The van der Waals surface area contributed by atoms with E-state index in [1.54, 1.807) is 6.26 Å². The van der Waals surface area contributed by atoms with E-state index < -0.39 is 0 Å². The van der Waals surface area contributed by atoms with Crippen LogP contribution in [0.5, 0.6) is 0 Å². The summed E-state index contributed by atoms with van der Waals surface area (Å²) in [6, 6.07) is 22.9. The van der Waals surface area contributed by atoms with Gasteiger partial charge in [0, 0.05) is 11.4 Å². The van der Waals surface area contributed by atoms with E-state index >= 15 is 0 Å². The van der Waals surface area contributed by atoms with Crippen molar-refractivity contribution in [1.29, 1.82) is 0 Å². The van der Waals surface area contributed by atoms with E-state index in [0.717, 1.165) is 36.7 Å². The number of benzene rings is 2. The van der Waals surface area contributed by atoms with Gasteiger partial charge in [-0.3, -0.25) is 0 Å². The summed E-state index contributed by atoms with van der Waals surface area (Å²) >= 11 is 6.04. The zero-order valence-corrected chi connectivity index (χ0v) is 14.5. The van der Waals surface area contributed by atoms with Crippen molar-refractivity contribution in [2.24, 2.45) is 0 Å². The number of halogens is 1. The minimum absolute atomic E-state index is 0.498. The molecule has 0 spiro atoms. The molecule has 2 N–H and O–H groups in total. The van der Waals surface area contributed by atoms with E-state index in [2.05, 4.69) is 47.8 Å². The zero-order chi connectivity index (χ0) is 16.6. The van der Waals surface area contributed by atoms with Crippen molar-refractivity contribution in [2.45, 2.75) is 25.3 Å². The van der Waals surface area contributed by atoms with Gasteiger partial charge in [0.25, 0.3) is 0 Å². The first-order valence-corrected chi connectivity index (χ1v) is 8.82. The van der Waals surface area contributed by atoms with Crippen LogP contribution in [0.4, 0.5) is 0 Å². The monoisotopic (exact) mass is 340 g/mol. The van der Waals surface area contributed by atoms with Gasteiger partial charge >= 0.3 is 0 Å². The fourth-order valence-corrected chi connectivity index (χ4v) is 3.14. The standard InChI is InChI=1S/C21H22ClNO/c22-20-10-8-18(9-11-20)19(15-17-5-2-1-3-6-17)12-13-23-16-21-7-4-14-24-21/h1-11,14,19,23H,12-13,15-16H2/p+1/t19-/m0/s1. The summed E-state index contributed by atoms with van der Waals surface area (Å²) < 4.78 is 5.39. The van der Waals surface area contributed by atoms with Crippen molar-refractivity contribution in [1.82, 2.24) is 0 Å². The zero-order valence-electron chi connectivity index (χ0n) is 13.7. The second-order valence-electron chi connectivity index (χ2n) is 6.09. The van der Waals surface area contributed by atoms with Gasteiger partial charge in [0.2, 0.25) is 0 Å². The van der Waals surface area contributed by atoms with Crippen LogP contribution in [-0.4, -0.2) is 6.54 Å². The third kappa shape index (κ3) is 4.98. The number of furan rings is 1. The lowest BCUT2D eigenvalue weighted by molar-refractivity contribution is -0.672. The summed E-state index contributed by atoms with van der Waals surface area (Å²) in [5, 5.41) is 3.11. The largest absolute Gasteiger partial charge is 0.463 e. The molecule has 0 aliphatic heterocycles. The Morgan fingerprint density at radius 2 is 1.71 bits per heavy atom. The number of quaternary nitrogens is 1. The highest BCUT2D eigenvalue weighted by molar-refractivity contribution is 6.30. The molecule has 0 unspecified atom stereocenters. The fourth-order valence-electron chi connectivity index (χ4n) is 3.01. The molecular weight excluding hydrogens is 318 g/mol. The fraction of sp³-hybridized carbons (Fsp3) is 0.238. The van der Waals surface area contributed by atoms with Gasteiger partial charge < -0.3 is 9.73 Å². The first-order valence-electron chi connectivity index (χ1n) is 8.44. The average Bonchev–Trinajstić information content (AvgIpc) is 3.13. The quantitative estimate of drug-likeness (QED) is 0.605. The molecule has 2 nitrogen and oxygen atoms in total. The van der Waals surface area contributed by atoms with E-state index in [9.17, 15) is 0 Å². The van der Waals surface area contributed by atoms with E-state index in [1.165, 1.54) is 11.1 Å². The molecule has 1 heterocycles. The lowest BCUT2D eigenvalue weighted by atomic mass is 9.89. The Balaban J connectivity index is 1.61. The van der Waals surface area contributed by atoms with E-state index in [1.807, 2.05) is 24.3 Å². The average molecular weight is 341 g/mol. The Labute approximate surface area is 148 Å². The van der Waals surface area contributed by atoms with Crippen LogP contribution < -0.4 is 5.32 Å². The Kier molecular flexibility index (Phi) is 6.11. The van der Waals surface area contributed by atoms with Crippen molar-refractivity contribution in [2.75, 3.05) is 6.54 Å². The summed E-state index contributed by atoms with van der Waals surface area (Å²) in [6.07, 6.45) is 3.91. The second kappa shape index (κ2) is 8.72. The summed E-state index contributed by atoms with van der Waals surface area (Å²) in [5.74, 6) is 1.53. The van der Waals surface area contributed by atoms with Gasteiger partial charge in [-0.1, -0.05) is 54.1 Å². The van der Waals surface area contributed by atoms with E-state index in [0.29, 0.717) is 5.92 Å². The van der Waals surface area contributed by atoms with Gasteiger partial charge in [-0.05, 0) is 47.7 Å². The first-order chi connectivity index (χ1) is 11.8.